The summed E-state index contributed by atoms with van der Waals surface area (Å²) in [6.45, 7) is 5.21. The molecule has 3 rings (SSSR count). The van der Waals surface area contributed by atoms with E-state index in [2.05, 4.69) is 31.1 Å². The number of hydrazone groups is 1. The predicted octanol–water partition coefficient (Wildman–Crippen LogP) is 3.03. The van der Waals surface area contributed by atoms with Gasteiger partial charge in [-0.05, 0) is 30.0 Å². The summed E-state index contributed by atoms with van der Waals surface area (Å²) < 4.78 is 5.44. The number of allylic oxidation sites excluding steroid dienone is 1. The minimum Gasteiger partial charge on any atom is -0.383 e. The van der Waals surface area contributed by atoms with Gasteiger partial charge < -0.3 is 10.5 Å². The van der Waals surface area contributed by atoms with Crippen LogP contribution >= 0.6 is 0 Å². The molecule has 2 heterocycles. The van der Waals surface area contributed by atoms with Crippen LogP contribution in [0, 0.1) is 11.3 Å². The van der Waals surface area contributed by atoms with Gasteiger partial charge in [0.15, 0.2) is 0 Å². The van der Waals surface area contributed by atoms with Crippen molar-refractivity contribution in [1.82, 2.24) is 0 Å². The van der Waals surface area contributed by atoms with Gasteiger partial charge in [-0.3, -0.25) is 0 Å². The molecule has 0 saturated heterocycles. The zero-order valence-corrected chi connectivity index (χ0v) is 13.4. The van der Waals surface area contributed by atoms with Gasteiger partial charge in [0.2, 0.25) is 0 Å². The maximum atomic E-state index is 9.54. The summed E-state index contributed by atoms with van der Waals surface area (Å²) in [5, 5.41) is 15.9. The highest BCUT2D eigenvalue weighted by Crippen LogP contribution is 2.34. The Morgan fingerprint density at radius 1 is 1.43 bits per heavy atom. The molecule has 1 aromatic carbocycles. The van der Waals surface area contributed by atoms with Crippen LogP contribution in [0.15, 0.2) is 52.4 Å². The first-order valence-corrected chi connectivity index (χ1v) is 7.82. The summed E-state index contributed by atoms with van der Waals surface area (Å²) in [6.07, 6.45) is 2.88. The highest BCUT2D eigenvalue weighted by molar-refractivity contribution is 6.08. The maximum Gasteiger partial charge on any atom is 0.144 e. The molecule has 118 valence electrons. The number of ether oxygens (including phenoxy) is 1. The second-order valence-corrected chi connectivity index (χ2v) is 5.73. The molecule has 1 unspecified atom stereocenters. The molecule has 0 bridgehead atoms. The van der Waals surface area contributed by atoms with Crippen molar-refractivity contribution in [2.24, 2.45) is 10.8 Å². The molecule has 0 saturated carbocycles. The topological polar surface area (TPSA) is 74.6 Å². The number of anilines is 1. The van der Waals surface area contributed by atoms with E-state index in [1.165, 1.54) is 5.56 Å². The lowest BCUT2D eigenvalue weighted by Gasteiger charge is -2.31. The van der Waals surface area contributed by atoms with Crippen molar-refractivity contribution < 1.29 is 4.74 Å². The lowest BCUT2D eigenvalue weighted by Crippen LogP contribution is -2.35. The van der Waals surface area contributed by atoms with Crippen molar-refractivity contribution in [3.63, 3.8) is 0 Å². The summed E-state index contributed by atoms with van der Waals surface area (Å²) in [6, 6.07) is 10.3. The standard InChI is InChI=1S/C18H20N4O/c1-3-12(2)13-6-4-5-7-17(13)22-18(20)15(10-19)14-8-9-23-11-16(14)21-22/h4-8,12H,3,9,11,20H2,1-2H3. The van der Waals surface area contributed by atoms with Crippen molar-refractivity contribution in [2.75, 3.05) is 18.2 Å². The Kier molecular flexibility index (Phi) is 4.18. The molecule has 23 heavy (non-hydrogen) atoms. The van der Waals surface area contributed by atoms with E-state index in [1.807, 2.05) is 24.3 Å². The summed E-state index contributed by atoms with van der Waals surface area (Å²) in [5.74, 6) is 0.754. The number of hydrogen-bond donors (Lipinski definition) is 1. The van der Waals surface area contributed by atoms with Crippen LogP contribution in [0.2, 0.25) is 0 Å². The Labute approximate surface area is 136 Å². The van der Waals surface area contributed by atoms with E-state index < -0.39 is 0 Å². The lowest BCUT2D eigenvalue weighted by atomic mass is 9.95. The van der Waals surface area contributed by atoms with Gasteiger partial charge in [-0.1, -0.05) is 32.0 Å². The van der Waals surface area contributed by atoms with E-state index in [-0.39, 0.29) is 0 Å². The van der Waals surface area contributed by atoms with Crippen LogP contribution in [0.4, 0.5) is 5.69 Å². The molecule has 0 fully saturated rings. The second-order valence-electron chi connectivity index (χ2n) is 5.73. The van der Waals surface area contributed by atoms with Gasteiger partial charge in [0, 0.05) is 5.57 Å². The molecule has 0 amide bonds. The molecule has 0 aliphatic carbocycles. The van der Waals surface area contributed by atoms with Gasteiger partial charge >= 0.3 is 0 Å². The largest absolute Gasteiger partial charge is 0.383 e. The monoisotopic (exact) mass is 308 g/mol. The number of rotatable bonds is 3. The van der Waals surface area contributed by atoms with E-state index in [0.29, 0.717) is 30.5 Å². The SMILES string of the molecule is CCC(C)c1ccccc1N1N=C2COCC=C2C(C#N)=C1N. The highest BCUT2D eigenvalue weighted by atomic mass is 16.5. The van der Waals surface area contributed by atoms with Crippen LogP contribution in [-0.2, 0) is 4.74 Å². The van der Waals surface area contributed by atoms with Gasteiger partial charge in [0.05, 0.1) is 24.6 Å². The smallest absolute Gasteiger partial charge is 0.144 e. The fraction of sp³-hybridized carbons (Fsp3) is 0.333. The normalized spacial score (nSPS) is 18.7. The summed E-state index contributed by atoms with van der Waals surface area (Å²) >= 11 is 0. The highest BCUT2D eigenvalue weighted by Gasteiger charge is 2.29. The first-order chi connectivity index (χ1) is 11.2. The van der Waals surface area contributed by atoms with Gasteiger partial charge in [-0.2, -0.15) is 10.4 Å². The Hall–Kier alpha value is -2.58. The van der Waals surface area contributed by atoms with Crippen LogP contribution in [0.3, 0.4) is 0 Å². The van der Waals surface area contributed by atoms with Crippen molar-refractivity contribution in [3.8, 4) is 6.07 Å². The maximum absolute atomic E-state index is 9.54. The Morgan fingerprint density at radius 2 is 2.22 bits per heavy atom. The molecule has 2 aliphatic heterocycles. The van der Waals surface area contributed by atoms with Crippen LogP contribution in [0.25, 0.3) is 0 Å². The average molecular weight is 308 g/mol. The van der Waals surface area contributed by atoms with E-state index >= 15 is 0 Å². The molecule has 1 aromatic rings. The van der Waals surface area contributed by atoms with Crippen LogP contribution in [0.5, 0.6) is 0 Å². The molecule has 2 aliphatic rings. The van der Waals surface area contributed by atoms with E-state index in [4.69, 9.17) is 10.5 Å². The van der Waals surface area contributed by atoms with Crippen molar-refractivity contribution >= 4 is 11.4 Å². The molecular formula is C18H20N4O. The van der Waals surface area contributed by atoms with E-state index in [1.54, 1.807) is 5.01 Å². The third-order valence-electron chi connectivity index (χ3n) is 4.35. The molecule has 5 nitrogen and oxygen atoms in total. The number of nitrogens with two attached hydrogens (primary N) is 1. The number of nitrogens with zero attached hydrogens (tertiary/aromatic N) is 3. The summed E-state index contributed by atoms with van der Waals surface area (Å²) in [7, 11) is 0. The van der Waals surface area contributed by atoms with Gasteiger partial charge in [0.25, 0.3) is 0 Å². The molecule has 1 atom stereocenters. The molecule has 2 N–H and O–H groups in total. The Balaban J connectivity index is 2.14. The fourth-order valence-electron chi connectivity index (χ4n) is 2.86. The third kappa shape index (κ3) is 2.62. The van der Waals surface area contributed by atoms with Crippen molar-refractivity contribution in [3.05, 3.63) is 52.9 Å². The van der Waals surface area contributed by atoms with Gasteiger partial charge in [-0.25, -0.2) is 5.01 Å². The van der Waals surface area contributed by atoms with Crippen molar-refractivity contribution in [1.29, 1.82) is 5.26 Å². The number of benzene rings is 1. The molecule has 0 spiro atoms. The zero-order chi connectivity index (χ0) is 16.4. The summed E-state index contributed by atoms with van der Waals surface area (Å²) in [4.78, 5) is 0. The van der Waals surface area contributed by atoms with Crippen molar-refractivity contribution in [2.45, 2.75) is 26.2 Å². The van der Waals surface area contributed by atoms with E-state index in [0.717, 1.165) is 23.4 Å². The summed E-state index contributed by atoms with van der Waals surface area (Å²) in [5.41, 5.74) is 10.4. The Bertz CT molecular complexity index is 755. The predicted molar refractivity (Wildman–Crippen MR) is 90.8 cm³/mol. The van der Waals surface area contributed by atoms with Crippen LogP contribution in [0.1, 0.15) is 31.7 Å². The first-order valence-electron chi connectivity index (χ1n) is 7.82. The first kappa shape index (κ1) is 15.3. The average Bonchev–Trinajstić information content (AvgIpc) is 2.60. The van der Waals surface area contributed by atoms with Crippen LogP contribution in [-0.4, -0.2) is 18.9 Å². The van der Waals surface area contributed by atoms with Crippen LogP contribution < -0.4 is 10.7 Å². The fourth-order valence-corrected chi connectivity index (χ4v) is 2.86. The zero-order valence-electron chi connectivity index (χ0n) is 13.4. The number of hydrogen-bond acceptors (Lipinski definition) is 5. The molecule has 0 aromatic heterocycles. The minimum absolute atomic E-state index is 0.375. The quantitative estimate of drug-likeness (QED) is 0.931. The second kappa shape index (κ2) is 6.27. The minimum atomic E-state index is 0.375. The molecule has 0 radical (unpaired) electrons. The number of fused-ring (bicyclic) bond motifs is 1. The van der Waals surface area contributed by atoms with E-state index in [9.17, 15) is 5.26 Å². The molecular weight excluding hydrogens is 288 g/mol. The number of para-hydroxylation sites is 1. The molecule has 5 heteroatoms. The Morgan fingerprint density at radius 3 is 2.96 bits per heavy atom. The number of nitriles is 1. The van der Waals surface area contributed by atoms with Gasteiger partial charge in [0.1, 0.15) is 17.5 Å². The van der Waals surface area contributed by atoms with Gasteiger partial charge in [-0.15, -0.1) is 0 Å². The lowest BCUT2D eigenvalue weighted by molar-refractivity contribution is 0.199. The third-order valence-corrected chi connectivity index (χ3v) is 4.35.